The number of piperidine rings is 1. The number of nitrogens with one attached hydrogen (secondary N) is 1. The van der Waals surface area contributed by atoms with Gasteiger partial charge in [-0.25, -0.2) is 8.42 Å². The maximum atomic E-state index is 12.7. The zero-order valence-corrected chi connectivity index (χ0v) is 17.2. The van der Waals surface area contributed by atoms with Gasteiger partial charge < -0.3 is 14.6 Å². The second-order valence-electron chi connectivity index (χ2n) is 6.89. The van der Waals surface area contributed by atoms with E-state index in [4.69, 9.17) is 4.74 Å². The van der Waals surface area contributed by atoms with Crippen LogP contribution in [0.2, 0.25) is 0 Å². The summed E-state index contributed by atoms with van der Waals surface area (Å²) in [6.45, 7) is 1.79. The predicted molar refractivity (Wildman–Crippen MR) is 110 cm³/mol. The highest BCUT2D eigenvalue weighted by molar-refractivity contribution is 7.89. The predicted octanol–water partition coefficient (Wildman–Crippen LogP) is 1.92. The van der Waals surface area contributed by atoms with Gasteiger partial charge in [0, 0.05) is 44.7 Å². The van der Waals surface area contributed by atoms with Gasteiger partial charge in [-0.15, -0.1) is 0 Å². The van der Waals surface area contributed by atoms with Crippen molar-refractivity contribution in [2.24, 2.45) is 0 Å². The Labute approximate surface area is 170 Å². The molecule has 2 heterocycles. The number of carbonyl (C=O) groups is 1. The van der Waals surface area contributed by atoms with Crippen LogP contribution in [-0.4, -0.2) is 50.0 Å². The fraction of sp³-hybridized carbons (Fsp3) is 0.400. The summed E-state index contributed by atoms with van der Waals surface area (Å²) in [5.41, 5.74) is 0.582. The van der Waals surface area contributed by atoms with E-state index in [0.29, 0.717) is 37.5 Å². The van der Waals surface area contributed by atoms with Crippen LogP contribution >= 0.6 is 0 Å². The normalized spacial score (nSPS) is 15.2. The molecule has 1 aliphatic rings. The van der Waals surface area contributed by atoms with E-state index in [9.17, 15) is 18.0 Å². The van der Waals surface area contributed by atoms with E-state index in [1.807, 2.05) is 0 Å². The van der Waals surface area contributed by atoms with Crippen molar-refractivity contribution in [3.8, 4) is 0 Å². The van der Waals surface area contributed by atoms with Crippen molar-refractivity contribution in [2.45, 2.75) is 30.7 Å². The molecule has 0 saturated carbocycles. The molecule has 3 rings (SSSR count). The molecule has 1 aromatic carbocycles. The Morgan fingerprint density at radius 1 is 1.07 bits per heavy atom. The van der Waals surface area contributed by atoms with Crippen LogP contribution < -0.4 is 10.9 Å². The molecule has 8 nitrogen and oxygen atoms in total. The number of carbonyl (C=O) groups excluding carboxylic acids is 1. The molecule has 1 amide bonds. The third kappa shape index (κ3) is 5.11. The van der Waals surface area contributed by atoms with Crippen LogP contribution in [0.15, 0.2) is 52.3 Å². The SMILES string of the molecule is COCCn1cc(C(=O)Nc2ccc(S(=O)(=O)N3CCCCC3)cc2)ccc1=O. The number of ether oxygens (including phenoxy) is 1. The second-order valence-corrected chi connectivity index (χ2v) is 8.82. The second kappa shape index (κ2) is 9.34. The molecular formula is C20H25N3O5S. The third-order valence-corrected chi connectivity index (χ3v) is 6.76. The van der Waals surface area contributed by atoms with E-state index >= 15 is 0 Å². The van der Waals surface area contributed by atoms with Gasteiger partial charge in [0.2, 0.25) is 10.0 Å². The van der Waals surface area contributed by atoms with Crippen LogP contribution in [-0.2, 0) is 21.3 Å². The average Bonchev–Trinajstić information content (AvgIpc) is 2.74. The number of amides is 1. The van der Waals surface area contributed by atoms with E-state index in [0.717, 1.165) is 19.3 Å². The number of sulfonamides is 1. The van der Waals surface area contributed by atoms with Crippen molar-refractivity contribution in [1.29, 1.82) is 0 Å². The van der Waals surface area contributed by atoms with Crippen molar-refractivity contribution in [2.75, 3.05) is 32.1 Å². The molecule has 0 bridgehead atoms. The highest BCUT2D eigenvalue weighted by Crippen LogP contribution is 2.22. The summed E-state index contributed by atoms with van der Waals surface area (Å²) in [7, 11) is -1.97. The summed E-state index contributed by atoms with van der Waals surface area (Å²) in [5, 5.41) is 2.73. The van der Waals surface area contributed by atoms with Gasteiger partial charge in [-0.1, -0.05) is 6.42 Å². The van der Waals surface area contributed by atoms with Gasteiger partial charge in [-0.3, -0.25) is 9.59 Å². The number of benzene rings is 1. The fourth-order valence-corrected chi connectivity index (χ4v) is 4.71. The molecule has 156 valence electrons. The van der Waals surface area contributed by atoms with Crippen LogP contribution in [0, 0.1) is 0 Å². The van der Waals surface area contributed by atoms with Gasteiger partial charge in [-0.2, -0.15) is 4.31 Å². The maximum absolute atomic E-state index is 12.7. The summed E-state index contributed by atoms with van der Waals surface area (Å²) in [6.07, 6.45) is 4.28. The first kappa shape index (κ1) is 21.2. The van der Waals surface area contributed by atoms with Crippen LogP contribution in [0.5, 0.6) is 0 Å². The molecule has 1 fully saturated rings. The van der Waals surface area contributed by atoms with Crippen molar-refractivity contribution in [3.05, 3.63) is 58.5 Å². The molecule has 1 aliphatic heterocycles. The smallest absolute Gasteiger partial charge is 0.257 e. The maximum Gasteiger partial charge on any atom is 0.257 e. The van der Waals surface area contributed by atoms with E-state index in [2.05, 4.69) is 5.32 Å². The Balaban J connectivity index is 1.71. The van der Waals surface area contributed by atoms with Crippen LogP contribution in [0.4, 0.5) is 5.69 Å². The number of hydrogen-bond acceptors (Lipinski definition) is 5. The molecule has 9 heteroatoms. The lowest BCUT2D eigenvalue weighted by molar-refractivity contribution is 0.102. The number of nitrogens with zero attached hydrogens (tertiary/aromatic N) is 2. The van der Waals surface area contributed by atoms with Crippen molar-refractivity contribution >= 4 is 21.6 Å². The summed E-state index contributed by atoms with van der Waals surface area (Å²) < 4.78 is 33.3. The van der Waals surface area contributed by atoms with Crippen molar-refractivity contribution in [1.82, 2.24) is 8.87 Å². The minimum absolute atomic E-state index is 0.213. The highest BCUT2D eigenvalue weighted by atomic mass is 32.2. The molecule has 0 aliphatic carbocycles. The topological polar surface area (TPSA) is 97.7 Å². The highest BCUT2D eigenvalue weighted by Gasteiger charge is 2.25. The molecule has 0 atom stereocenters. The fourth-order valence-electron chi connectivity index (χ4n) is 3.20. The minimum atomic E-state index is -3.51. The molecule has 1 N–H and O–H groups in total. The minimum Gasteiger partial charge on any atom is -0.383 e. The van der Waals surface area contributed by atoms with Crippen LogP contribution in [0.3, 0.4) is 0 Å². The summed E-state index contributed by atoms with van der Waals surface area (Å²) >= 11 is 0. The van der Waals surface area contributed by atoms with Gasteiger partial charge >= 0.3 is 0 Å². The molecule has 29 heavy (non-hydrogen) atoms. The van der Waals surface area contributed by atoms with E-state index in [1.54, 1.807) is 12.1 Å². The number of pyridine rings is 1. The molecular weight excluding hydrogens is 394 g/mol. The monoisotopic (exact) mass is 419 g/mol. The number of anilines is 1. The molecule has 0 unspecified atom stereocenters. The van der Waals surface area contributed by atoms with Gasteiger partial charge in [0.15, 0.2) is 0 Å². The van der Waals surface area contributed by atoms with Gasteiger partial charge in [-0.05, 0) is 43.2 Å². The lowest BCUT2D eigenvalue weighted by atomic mass is 10.2. The Bertz CT molecular complexity index is 1010. The van der Waals surface area contributed by atoms with Crippen LogP contribution in [0.1, 0.15) is 29.6 Å². The summed E-state index contributed by atoms with van der Waals surface area (Å²) in [5.74, 6) is -0.386. The Kier molecular flexibility index (Phi) is 6.83. The Morgan fingerprint density at radius 2 is 1.76 bits per heavy atom. The lowest BCUT2D eigenvalue weighted by Crippen LogP contribution is -2.35. The molecule has 0 radical (unpaired) electrons. The number of hydrogen-bond donors (Lipinski definition) is 1. The van der Waals surface area contributed by atoms with E-state index in [1.165, 1.54) is 46.4 Å². The molecule has 1 saturated heterocycles. The molecule has 1 aromatic heterocycles. The standard InChI is InChI=1S/C20H25N3O5S/c1-28-14-13-22-15-16(5-10-19(22)24)20(25)21-17-6-8-18(9-7-17)29(26,27)23-11-3-2-4-12-23/h5-10,15H,2-4,11-14H2,1H3,(H,21,25). The number of methoxy groups -OCH3 is 1. The van der Waals surface area contributed by atoms with Crippen molar-refractivity contribution in [3.63, 3.8) is 0 Å². The van der Waals surface area contributed by atoms with Gasteiger partial charge in [0.1, 0.15) is 0 Å². The first-order chi connectivity index (χ1) is 13.9. The lowest BCUT2D eigenvalue weighted by Gasteiger charge is -2.25. The average molecular weight is 420 g/mol. The first-order valence-corrected chi connectivity index (χ1v) is 11.0. The number of aromatic nitrogens is 1. The zero-order chi connectivity index (χ0) is 20.9. The van der Waals surface area contributed by atoms with E-state index in [-0.39, 0.29) is 16.4 Å². The summed E-state index contributed by atoms with van der Waals surface area (Å²) in [4.78, 5) is 24.5. The Morgan fingerprint density at radius 3 is 2.41 bits per heavy atom. The third-order valence-electron chi connectivity index (χ3n) is 4.85. The molecule has 0 spiro atoms. The summed E-state index contributed by atoms with van der Waals surface area (Å²) in [6, 6.07) is 8.92. The Hall–Kier alpha value is -2.49. The van der Waals surface area contributed by atoms with Crippen molar-refractivity contribution < 1.29 is 17.9 Å². The van der Waals surface area contributed by atoms with Gasteiger partial charge in [0.25, 0.3) is 11.5 Å². The zero-order valence-electron chi connectivity index (χ0n) is 16.3. The number of rotatable bonds is 7. The van der Waals surface area contributed by atoms with Crippen LogP contribution in [0.25, 0.3) is 0 Å². The van der Waals surface area contributed by atoms with Gasteiger partial charge in [0.05, 0.1) is 17.1 Å². The van der Waals surface area contributed by atoms with E-state index < -0.39 is 10.0 Å². The quantitative estimate of drug-likeness (QED) is 0.739. The molecule has 2 aromatic rings. The largest absolute Gasteiger partial charge is 0.383 e. The first-order valence-electron chi connectivity index (χ1n) is 9.53.